The van der Waals surface area contributed by atoms with Gasteiger partial charge in [-0.05, 0) is 57.5 Å². The summed E-state index contributed by atoms with van der Waals surface area (Å²) < 4.78 is 5.56. The fraction of sp³-hybridized carbons (Fsp3) is 1.00. The fourth-order valence-electron chi connectivity index (χ4n) is 2.64. The summed E-state index contributed by atoms with van der Waals surface area (Å²) in [6.45, 7) is 8.50. The molecule has 0 aromatic carbocycles. The maximum atomic E-state index is 5.60. The third-order valence-electron chi connectivity index (χ3n) is 4.06. The van der Waals surface area contributed by atoms with Crippen LogP contribution in [0.5, 0.6) is 0 Å². The van der Waals surface area contributed by atoms with E-state index in [-0.39, 0.29) is 0 Å². The molecule has 3 nitrogen and oxygen atoms in total. The van der Waals surface area contributed by atoms with Crippen LogP contribution in [0.1, 0.15) is 46.0 Å². The summed E-state index contributed by atoms with van der Waals surface area (Å²) in [4.78, 5) is 0. The van der Waals surface area contributed by atoms with Crippen molar-refractivity contribution in [2.75, 3.05) is 26.2 Å². The van der Waals surface area contributed by atoms with E-state index in [4.69, 9.17) is 10.5 Å². The first-order valence-corrected chi connectivity index (χ1v) is 7.30. The third-order valence-corrected chi connectivity index (χ3v) is 4.06. The van der Waals surface area contributed by atoms with E-state index in [0.717, 1.165) is 38.1 Å². The zero-order valence-electron chi connectivity index (χ0n) is 11.6. The van der Waals surface area contributed by atoms with Crippen LogP contribution in [0.3, 0.4) is 0 Å². The maximum absolute atomic E-state index is 5.60. The third kappa shape index (κ3) is 5.84. The van der Waals surface area contributed by atoms with E-state index in [9.17, 15) is 0 Å². The Labute approximate surface area is 106 Å². The summed E-state index contributed by atoms with van der Waals surface area (Å²) in [6.07, 6.45) is 6.72. The average molecular weight is 242 g/mol. The summed E-state index contributed by atoms with van der Waals surface area (Å²) in [7, 11) is 0. The average Bonchev–Trinajstić information content (AvgIpc) is 2.73. The van der Waals surface area contributed by atoms with Gasteiger partial charge < -0.3 is 15.8 Å². The van der Waals surface area contributed by atoms with Gasteiger partial charge >= 0.3 is 0 Å². The van der Waals surface area contributed by atoms with E-state index in [1.807, 2.05) is 0 Å². The molecule has 1 fully saturated rings. The molecule has 0 bridgehead atoms. The van der Waals surface area contributed by atoms with Gasteiger partial charge in [0.15, 0.2) is 0 Å². The van der Waals surface area contributed by atoms with E-state index in [1.165, 1.54) is 32.1 Å². The highest BCUT2D eigenvalue weighted by Crippen LogP contribution is 2.19. The molecule has 3 heteroatoms. The first-order chi connectivity index (χ1) is 8.27. The Balaban J connectivity index is 1.96. The number of hydrogen-bond donors (Lipinski definition) is 2. The minimum atomic E-state index is 0.447. The van der Waals surface area contributed by atoms with Crippen molar-refractivity contribution in [1.82, 2.24) is 5.32 Å². The molecule has 1 saturated heterocycles. The molecule has 17 heavy (non-hydrogen) atoms. The van der Waals surface area contributed by atoms with E-state index in [1.54, 1.807) is 0 Å². The predicted molar refractivity (Wildman–Crippen MR) is 73.1 cm³/mol. The molecule has 1 aliphatic rings. The SMILES string of the molecule is CCC(CCN)CCCNCC1CCOC1C. The van der Waals surface area contributed by atoms with Crippen LogP contribution in [0.15, 0.2) is 0 Å². The van der Waals surface area contributed by atoms with Crippen molar-refractivity contribution in [3.05, 3.63) is 0 Å². The summed E-state index contributed by atoms with van der Waals surface area (Å²) >= 11 is 0. The zero-order chi connectivity index (χ0) is 12.5. The van der Waals surface area contributed by atoms with Gasteiger partial charge in [-0.25, -0.2) is 0 Å². The molecular formula is C14H30N2O. The molecule has 0 amide bonds. The molecule has 3 unspecified atom stereocenters. The summed E-state index contributed by atoms with van der Waals surface area (Å²) in [5.41, 5.74) is 5.60. The van der Waals surface area contributed by atoms with Crippen molar-refractivity contribution in [1.29, 1.82) is 0 Å². The molecule has 102 valence electrons. The lowest BCUT2D eigenvalue weighted by molar-refractivity contribution is 0.105. The van der Waals surface area contributed by atoms with Gasteiger partial charge in [-0.1, -0.05) is 13.3 Å². The molecule has 0 aromatic heterocycles. The Kier molecular flexibility index (Phi) is 7.82. The van der Waals surface area contributed by atoms with Gasteiger partial charge in [0.2, 0.25) is 0 Å². The van der Waals surface area contributed by atoms with Gasteiger partial charge in [0.25, 0.3) is 0 Å². The van der Waals surface area contributed by atoms with Crippen LogP contribution in [0.2, 0.25) is 0 Å². The topological polar surface area (TPSA) is 47.3 Å². The van der Waals surface area contributed by atoms with Crippen LogP contribution < -0.4 is 11.1 Å². The van der Waals surface area contributed by atoms with Crippen LogP contribution in [0, 0.1) is 11.8 Å². The quantitative estimate of drug-likeness (QED) is 0.609. The molecular weight excluding hydrogens is 212 g/mol. The Morgan fingerprint density at radius 2 is 2.24 bits per heavy atom. The highest BCUT2D eigenvalue weighted by molar-refractivity contribution is 4.74. The Hall–Kier alpha value is -0.120. The lowest BCUT2D eigenvalue weighted by Gasteiger charge is -2.16. The molecule has 1 aliphatic heterocycles. The largest absolute Gasteiger partial charge is 0.378 e. The molecule has 1 rings (SSSR count). The monoisotopic (exact) mass is 242 g/mol. The van der Waals surface area contributed by atoms with Crippen LogP contribution in [0.4, 0.5) is 0 Å². The van der Waals surface area contributed by atoms with Crippen molar-refractivity contribution in [3.8, 4) is 0 Å². The molecule has 0 aromatic rings. The van der Waals surface area contributed by atoms with Crippen LogP contribution in [-0.4, -0.2) is 32.3 Å². The minimum Gasteiger partial charge on any atom is -0.378 e. The van der Waals surface area contributed by atoms with Crippen molar-refractivity contribution in [3.63, 3.8) is 0 Å². The molecule has 0 radical (unpaired) electrons. The highest BCUT2D eigenvalue weighted by Gasteiger charge is 2.23. The smallest absolute Gasteiger partial charge is 0.0588 e. The fourth-order valence-corrected chi connectivity index (χ4v) is 2.64. The van der Waals surface area contributed by atoms with Crippen LogP contribution in [-0.2, 0) is 4.74 Å². The number of hydrogen-bond acceptors (Lipinski definition) is 3. The second kappa shape index (κ2) is 8.90. The van der Waals surface area contributed by atoms with Crippen molar-refractivity contribution in [2.24, 2.45) is 17.6 Å². The van der Waals surface area contributed by atoms with Gasteiger partial charge in [0.05, 0.1) is 6.10 Å². The van der Waals surface area contributed by atoms with Gasteiger partial charge in [0.1, 0.15) is 0 Å². The standard InChI is InChI=1S/C14H30N2O/c1-3-13(6-8-15)5-4-9-16-11-14-7-10-17-12(14)2/h12-14,16H,3-11,15H2,1-2H3. The van der Waals surface area contributed by atoms with Gasteiger partial charge in [0, 0.05) is 13.2 Å². The second-order valence-corrected chi connectivity index (χ2v) is 5.32. The van der Waals surface area contributed by atoms with Crippen molar-refractivity contribution >= 4 is 0 Å². The molecule has 1 heterocycles. The molecule has 3 N–H and O–H groups in total. The van der Waals surface area contributed by atoms with Crippen molar-refractivity contribution < 1.29 is 4.74 Å². The van der Waals surface area contributed by atoms with E-state index in [0.29, 0.717) is 6.10 Å². The van der Waals surface area contributed by atoms with E-state index < -0.39 is 0 Å². The Bertz CT molecular complexity index is 187. The van der Waals surface area contributed by atoms with Crippen LogP contribution in [0.25, 0.3) is 0 Å². The van der Waals surface area contributed by atoms with Gasteiger partial charge in [-0.2, -0.15) is 0 Å². The van der Waals surface area contributed by atoms with E-state index >= 15 is 0 Å². The molecule has 0 spiro atoms. The highest BCUT2D eigenvalue weighted by atomic mass is 16.5. The minimum absolute atomic E-state index is 0.447. The predicted octanol–water partition coefficient (Wildman–Crippen LogP) is 2.16. The lowest BCUT2D eigenvalue weighted by Crippen LogP contribution is -2.28. The summed E-state index contributed by atoms with van der Waals surface area (Å²) in [5.74, 6) is 1.55. The molecule has 3 atom stereocenters. The Morgan fingerprint density at radius 3 is 2.82 bits per heavy atom. The van der Waals surface area contributed by atoms with Gasteiger partial charge in [-0.15, -0.1) is 0 Å². The summed E-state index contributed by atoms with van der Waals surface area (Å²) in [5, 5.41) is 3.57. The first kappa shape index (κ1) is 14.9. The lowest BCUT2D eigenvalue weighted by atomic mass is 9.96. The number of nitrogens with one attached hydrogen (secondary N) is 1. The van der Waals surface area contributed by atoms with Crippen LogP contribution >= 0.6 is 0 Å². The molecule has 0 saturated carbocycles. The Morgan fingerprint density at radius 1 is 1.41 bits per heavy atom. The maximum Gasteiger partial charge on any atom is 0.0588 e. The summed E-state index contributed by atoms with van der Waals surface area (Å²) in [6, 6.07) is 0. The number of ether oxygens (including phenoxy) is 1. The number of rotatable bonds is 9. The normalized spacial score (nSPS) is 26.3. The van der Waals surface area contributed by atoms with Gasteiger partial charge in [-0.3, -0.25) is 0 Å². The molecule has 0 aliphatic carbocycles. The van der Waals surface area contributed by atoms with E-state index in [2.05, 4.69) is 19.2 Å². The zero-order valence-corrected chi connectivity index (χ0v) is 11.6. The second-order valence-electron chi connectivity index (χ2n) is 5.32. The first-order valence-electron chi connectivity index (χ1n) is 7.30. The van der Waals surface area contributed by atoms with Crippen molar-refractivity contribution in [2.45, 2.75) is 52.1 Å². The number of nitrogens with two attached hydrogens (primary N) is 1.